The zero-order valence-electron chi connectivity index (χ0n) is 19.1. The number of amides is 1. The minimum atomic E-state index is 0.108. The lowest BCUT2D eigenvalue weighted by atomic mass is 9.76. The van der Waals surface area contributed by atoms with Gasteiger partial charge in [-0.05, 0) is 88.0 Å². The van der Waals surface area contributed by atoms with Gasteiger partial charge in [0.05, 0.1) is 12.1 Å². The molecule has 0 saturated carbocycles. The minimum absolute atomic E-state index is 0.108. The third-order valence-corrected chi connectivity index (χ3v) is 8.15. The number of hydrogen-bond acceptors (Lipinski definition) is 2. The molecular formula is C27H27BrCl2N3O+. The summed E-state index contributed by atoms with van der Waals surface area (Å²) >= 11 is 16.8. The monoisotopic (exact) mass is 558 g/mol. The van der Waals surface area contributed by atoms with Crippen molar-refractivity contribution in [3.63, 3.8) is 0 Å². The lowest BCUT2D eigenvalue weighted by molar-refractivity contribution is -0.671. The topological polar surface area (TPSA) is 37.1 Å². The maximum atomic E-state index is 13.0. The number of benzene rings is 1. The lowest BCUT2D eigenvalue weighted by Gasteiger charge is -2.37. The van der Waals surface area contributed by atoms with Crippen LogP contribution in [0.3, 0.4) is 0 Å². The molecule has 1 aliphatic heterocycles. The largest absolute Gasteiger partial charge is 0.342 e. The van der Waals surface area contributed by atoms with E-state index in [0.717, 1.165) is 59.5 Å². The fourth-order valence-electron chi connectivity index (χ4n) is 5.45. The Morgan fingerprint density at radius 3 is 2.56 bits per heavy atom. The second-order valence-corrected chi connectivity index (χ2v) is 11.2. The number of hydrogen-bond donors (Lipinski definition) is 0. The summed E-state index contributed by atoms with van der Waals surface area (Å²) in [5.74, 6) is 0.667. The molecule has 5 rings (SSSR count). The number of aryl methyl sites for hydroxylation is 3. The molecule has 1 aliphatic carbocycles. The number of aromatic nitrogens is 2. The van der Waals surface area contributed by atoms with Crippen LogP contribution in [0.15, 0.2) is 53.4 Å². The number of piperidine rings is 1. The van der Waals surface area contributed by atoms with Gasteiger partial charge in [0.1, 0.15) is 7.05 Å². The second-order valence-electron chi connectivity index (χ2n) is 9.40. The van der Waals surface area contributed by atoms with E-state index in [-0.39, 0.29) is 11.8 Å². The van der Waals surface area contributed by atoms with Gasteiger partial charge >= 0.3 is 0 Å². The van der Waals surface area contributed by atoms with Gasteiger partial charge in [0, 0.05) is 51.9 Å². The van der Waals surface area contributed by atoms with Crippen LogP contribution in [-0.4, -0.2) is 28.9 Å². The van der Waals surface area contributed by atoms with Crippen molar-refractivity contribution in [2.24, 2.45) is 13.0 Å². The molecule has 2 aliphatic rings. The molecule has 7 heteroatoms. The summed E-state index contributed by atoms with van der Waals surface area (Å²) in [4.78, 5) is 19.9. The highest BCUT2D eigenvalue weighted by atomic mass is 79.9. The number of carbonyl (C=O) groups is 1. The van der Waals surface area contributed by atoms with Crippen molar-refractivity contribution in [2.45, 2.75) is 38.0 Å². The summed E-state index contributed by atoms with van der Waals surface area (Å²) in [6, 6.07) is 10.1. The molecule has 1 fully saturated rings. The first-order valence-electron chi connectivity index (χ1n) is 11.7. The fraction of sp³-hybridized carbons (Fsp3) is 0.370. The predicted octanol–water partition coefficient (Wildman–Crippen LogP) is 5.69. The van der Waals surface area contributed by atoms with E-state index in [0.29, 0.717) is 17.4 Å². The van der Waals surface area contributed by atoms with E-state index in [1.165, 1.54) is 16.7 Å². The zero-order valence-corrected chi connectivity index (χ0v) is 22.2. The van der Waals surface area contributed by atoms with Crippen LogP contribution in [0.4, 0.5) is 0 Å². The van der Waals surface area contributed by atoms with E-state index >= 15 is 0 Å². The van der Waals surface area contributed by atoms with Gasteiger partial charge in [0.2, 0.25) is 5.91 Å². The Kier molecular flexibility index (Phi) is 6.97. The molecule has 1 amide bonds. The van der Waals surface area contributed by atoms with Gasteiger partial charge in [-0.2, -0.15) is 0 Å². The number of nitrogens with zero attached hydrogens (tertiary/aromatic N) is 3. The average molecular weight is 560 g/mol. The van der Waals surface area contributed by atoms with Crippen LogP contribution >= 0.6 is 39.1 Å². The van der Waals surface area contributed by atoms with E-state index in [1.54, 1.807) is 0 Å². The molecule has 0 spiro atoms. The van der Waals surface area contributed by atoms with Crippen LogP contribution in [0.25, 0.3) is 0 Å². The third-order valence-electron chi connectivity index (χ3n) is 7.18. The van der Waals surface area contributed by atoms with Crippen molar-refractivity contribution in [1.29, 1.82) is 0 Å². The van der Waals surface area contributed by atoms with Crippen molar-refractivity contribution in [3.05, 3.63) is 91.4 Å². The molecule has 1 saturated heterocycles. The molecule has 3 heterocycles. The maximum absolute atomic E-state index is 13.0. The van der Waals surface area contributed by atoms with E-state index in [2.05, 4.69) is 28.1 Å². The molecule has 0 bridgehead atoms. The summed E-state index contributed by atoms with van der Waals surface area (Å²) in [5, 5.41) is 1.40. The number of carbonyl (C=O) groups excluding carboxylic acids is 1. The predicted molar refractivity (Wildman–Crippen MR) is 138 cm³/mol. The molecule has 3 aromatic rings. The molecule has 176 valence electrons. The molecule has 4 nitrogen and oxygen atoms in total. The molecule has 34 heavy (non-hydrogen) atoms. The van der Waals surface area contributed by atoms with Gasteiger partial charge in [-0.1, -0.05) is 23.2 Å². The van der Waals surface area contributed by atoms with Crippen LogP contribution in [0, 0.1) is 5.92 Å². The number of halogens is 3. The van der Waals surface area contributed by atoms with Crippen molar-refractivity contribution in [2.75, 3.05) is 13.1 Å². The number of fused-ring (bicyclic) bond motifs is 2. The highest BCUT2D eigenvalue weighted by Crippen LogP contribution is 2.46. The first-order valence-corrected chi connectivity index (χ1v) is 13.3. The van der Waals surface area contributed by atoms with E-state index < -0.39 is 0 Å². The van der Waals surface area contributed by atoms with E-state index in [9.17, 15) is 4.79 Å². The third kappa shape index (κ3) is 4.89. The van der Waals surface area contributed by atoms with Gasteiger partial charge in [-0.25, -0.2) is 4.57 Å². The summed E-state index contributed by atoms with van der Waals surface area (Å²) in [7, 11) is 1.98. The molecule has 0 N–H and O–H groups in total. The number of rotatable bonds is 3. The van der Waals surface area contributed by atoms with Gasteiger partial charge < -0.3 is 4.90 Å². The van der Waals surface area contributed by atoms with Crippen molar-refractivity contribution in [1.82, 2.24) is 9.88 Å². The van der Waals surface area contributed by atoms with Crippen LogP contribution in [-0.2, 0) is 31.1 Å². The van der Waals surface area contributed by atoms with Crippen LogP contribution in [0.2, 0.25) is 10.0 Å². The Morgan fingerprint density at radius 2 is 1.82 bits per heavy atom. The van der Waals surface area contributed by atoms with Gasteiger partial charge in [0.15, 0.2) is 12.4 Å². The van der Waals surface area contributed by atoms with Crippen molar-refractivity contribution < 1.29 is 9.36 Å². The average Bonchev–Trinajstić information content (AvgIpc) is 2.97. The van der Waals surface area contributed by atoms with Crippen LogP contribution in [0.5, 0.6) is 0 Å². The normalized spacial score (nSPS) is 18.2. The molecule has 1 unspecified atom stereocenters. The molecule has 0 radical (unpaired) electrons. The summed E-state index contributed by atoms with van der Waals surface area (Å²) in [6.07, 6.45) is 9.96. The second kappa shape index (κ2) is 9.96. The molecule has 1 aromatic carbocycles. The van der Waals surface area contributed by atoms with Gasteiger partial charge in [-0.15, -0.1) is 0 Å². The number of likely N-dealkylation sites (tertiary alicyclic amines) is 1. The molecular weight excluding hydrogens is 533 g/mol. The smallest absolute Gasteiger partial charge is 0.226 e. The zero-order chi connectivity index (χ0) is 23.8. The first kappa shape index (κ1) is 23.8. The van der Waals surface area contributed by atoms with E-state index in [4.69, 9.17) is 28.2 Å². The Morgan fingerprint density at radius 1 is 1.12 bits per heavy atom. The first-order chi connectivity index (χ1) is 16.4. The minimum Gasteiger partial charge on any atom is -0.342 e. The Balaban J connectivity index is 1.40. The van der Waals surface area contributed by atoms with Crippen molar-refractivity contribution >= 4 is 45.0 Å². The standard InChI is InChI=1S/C27H27BrCl2N3O/c1-32-8-4-17(5-9-32)12-24(34)33-10-6-18(7-11-33)26-25-19(14-22(29)15-23(25)30)2-3-20-13-21(28)16-31-27(20)26/h4-5,8-9,13-16,18,26H,2-3,6-7,10-12H2,1H3/q+1. The Labute approximate surface area is 219 Å². The van der Waals surface area contributed by atoms with Gasteiger partial charge in [-0.3, -0.25) is 9.78 Å². The molecule has 1 atom stereocenters. The summed E-state index contributed by atoms with van der Waals surface area (Å²) < 4.78 is 2.97. The van der Waals surface area contributed by atoms with E-state index in [1.807, 2.05) is 53.3 Å². The Hall–Kier alpha value is -1.95. The van der Waals surface area contributed by atoms with Crippen molar-refractivity contribution in [3.8, 4) is 0 Å². The lowest BCUT2D eigenvalue weighted by Crippen LogP contribution is -2.41. The highest BCUT2D eigenvalue weighted by Gasteiger charge is 2.36. The van der Waals surface area contributed by atoms with Crippen LogP contribution in [0.1, 0.15) is 46.7 Å². The fourth-order valence-corrected chi connectivity index (χ4v) is 6.48. The summed E-state index contributed by atoms with van der Waals surface area (Å²) in [6.45, 7) is 1.51. The van der Waals surface area contributed by atoms with Gasteiger partial charge in [0.25, 0.3) is 0 Å². The van der Waals surface area contributed by atoms with Crippen LogP contribution < -0.4 is 4.57 Å². The SMILES string of the molecule is C[n+]1ccc(CC(=O)N2CCC(C3c4ncc(Br)cc4CCc4cc(Cl)cc(Cl)c43)CC2)cc1. The number of pyridine rings is 2. The Bertz CT molecular complexity index is 1220. The summed E-state index contributed by atoms with van der Waals surface area (Å²) in [5.41, 5.74) is 5.82. The molecule has 2 aromatic heterocycles. The maximum Gasteiger partial charge on any atom is 0.226 e. The quantitative estimate of drug-likeness (QED) is 0.387. The highest BCUT2D eigenvalue weighted by molar-refractivity contribution is 9.10.